The molecule has 0 aliphatic carbocycles. The van der Waals surface area contributed by atoms with Crippen molar-refractivity contribution in [3.8, 4) is 0 Å². The van der Waals surface area contributed by atoms with Gasteiger partial charge in [0.2, 0.25) is 0 Å². The van der Waals surface area contributed by atoms with E-state index in [-0.39, 0.29) is 0 Å². The minimum Gasteiger partial charge on any atom is -0.468 e. The minimum absolute atomic E-state index is 0.635. The summed E-state index contributed by atoms with van der Waals surface area (Å²) >= 11 is 0. The molecule has 5 nitrogen and oxygen atoms in total. The van der Waals surface area contributed by atoms with Crippen LogP contribution in [0.2, 0.25) is 0 Å². The fourth-order valence-corrected chi connectivity index (χ4v) is 1.09. The van der Waals surface area contributed by atoms with Crippen LogP contribution in [0.4, 0.5) is 0 Å². The zero-order valence-corrected chi connectivity index (χ0v) is 9.78. The summed E-state index contributed by atoms with van der Waals surface area (Å²) in [6.45, 7) is 5.38. The van der Waals surface area contributed by atoms with Gasteiger partial charge in [-0.25, -0.2) is 0 Å². The number of esters is 2. The van der Waals surface area contributed by atoms with Crippen molar-refractivity contribution in [1.82, 2.24) is 5.32 Å². The molecule has 0 amide bonds. The quantitative estimate of drug-likeness (QED) is 0.541. The Morgan fingerprint density at radius 2 is 1.81 bits per heavy atom. The van der Waals surface area contributed by atoms with Crippen LogP contribution < -0.4 is 5.32 Å². The van der Waals surface area contributed by atoms with E-state index in [0.29, 0.717) is 12.1 Å². The van der Waals surface area contributed by atoms with E-state index in [2.05, 4.69) is 21.4 Å². The molecule has 90 valence electrons. The van der Waals surface area contributed by atoms with Crippen molar-refractivity contribution in [3.63, 3.8) is 0 Å². The van der Waals surface area contributed by atoms with Crippen molar-refractivity contribution in [1.29, 1.82) is 0 Å². The second kappa shape index (κ2) is 7.50. The molecule has 0 heterocycles. The lowest BCUT2D eigenvalue weighted by molar-refractivity contribution is -0.156. The second-order valence-electron chi connectivity index (χ2n) is 2.92. The Labute approximate surface area is 95.1 Å². The Bertz CT molecular complexity index is 280. The summed E-state index contributed by atoms with van der Waals surface area (Å²) in [6.07, 6.45) is 3.58. The number of allylic oxidation sites excluding steroid dienone is 1. The van der Waals surface area contributed by atoms with Crippen molar-refractivity contribution < 1.29 is 19.1 Å². The predicted octanol–water partition coefficient (Wildman–Crippen LogP) is 0.976. The maximum Gasteiger partial charge on any atom is 0.324 e. The normalized spacial score (nSPS) is 10.9. The highest BCUT2D eigenvalue weighted by molar-refractivity contribution is 5.96. The van der Waals surface area contributed by atoms with E-state index in [1.54, 1.807) is 0 Å². The number of rotatable bonds is 6. The predicted molar refractivity (Wildman–Crippen MR) is 59.2 cm³/mol. The number of ether oxygens (including phenoxy) is 2. The SMILES string of the molecule is C=CNC(=CC(C(=O)OC)C(=O)OC)CC. The third-order valence-corrected chi connectivity index (χ3v) is 1.95. The third kappa shape index (κ3) is 4.16. The van der Waals surface area contributed by atoms with Crippen LogP contribution in [-0.2, 0) is 19.1 Å². The Balaban J connectivity index is 4.95. The summed E-state index contributed by atoms with van der Waals surface area (Å²) < 4.78 is 9.04. The molecule has 1 N–H and O–H groups in total. The lowest BCUT2D eigenvalue weighted by atomic mass is 10.1. The first-order valence-electron chi connectivity index (χ1n) is 4.84. The Morgan fingerprint density at radius 1 is 1.31 bits per heavy atom. The minimum atomic E-state index is -1.04. The van der Waals surface area contributed by atoms with Crippen molar-refractivity contribution in [3.05, 3.63) is 24.6 Å². The largest absolute Gasteiger partial charge is 0.468 e. The molecule has 0 saturated carbocycles. The monoisotopic (exact) mass is 227 g/mol. The maximum atomic E-state index is 11.3. The zero-order chi connectivity index (χ0) is 12.6. The van der Waals surface area contributed by atoms with E-state index < -0.39 is 17.9 Å². The molecular formula is C11H17NO4. The molecule has 0 saturated heterocycles. The second-order valence-corrected chi connectivity index (χ2v) is 2.92. The average molecular weight is 227 g/mol. The van der Waals surface area contributed by atoms with E-state index >= 15 is 0 Å². The van der Waals surface area contributed by atoms with Crippen molar-refractivity contribution in [2.24, 2.45) is 5.92 Å². The third-order valence-electron chi connectivity index (χ3n) is 1.95. The molecule has 0 aromatic carbocycles. The first-order valence-corrected chi connectivity index (χ1v) is 4.84. The summed E-state index contributed by atoms with van der Waals surface area (Å²) in [5.74, 6) is -2.34. The number of methoxy groups -OCH3 is 2. The van der Waals surface area contributed by atoms with Gasteiger partial charge in [-0.05, 0) is 18.7 Å². The van der Waals surface area contributed by atoms with E-state index in [9.17, 15) is 9.59 Å². The fraction of sp³-hybridized carbons (Fsp3) is 0.455. The van der Waals surface area contributed by atoms with Crippen LogP contribution in [0.3, 0.4) is 0 Å². The first-order chi connectivity index (χ1) is 7.60. The maximum absolute atomic E-state index is 11.3. The van der Waals surface area contributed by atoms with Crippen LogP contribution in [0.15, 0.2) is 24.6 Å². The van der Waals surface area contributed by atoms with E-state index in [4.69, 9.17) is 0 Å². The Morgan fingerprint density at radius 3 is 2.12 bits per heavy atom. The van der Waals surface area contributed by atoms with Crippen LogP contribution in [0.5, 0.6) is 0 Å². The van der Waals surface area contributed by atoms with Gasteiger partial charge in [0.1, 0.15) is 0 Å². The summed E-state index contributed by atoms with van der Waals surface area (Å²) in [5, 5.41) is 2.83. The Hall–Kier alpha value is -1.78. The van der Waals surface area contributed by atoms with Gasteiger partial charge in [0.25, 0.3) is 0 Å². The van der Waals surface area contributed by atoms with Gasteiger partial charge in [0.15, 0.2) is 5.92 Å². The van der Waals surface area contributed by atoms with E-state index in [1.165, 1.54) is 26.5 Å². The molecule has 0 radical (unpaired) electrons. The molecule has 0 spiro atoms. The number of carbonyl (C=O) groups is 2. The number of hydrogen-bond acceptors (Lipinski definition) is 5. The van der Waals surface area contributed by atoms with Gasteiger partial charge in [-0.3, -0.25) is 9.59 Å². The molecule has 0 aliphatic heterocycles. The zero-order valence-electron chi connectivity index (χ0n) is 9.78. The van der Waals surface area contributed by atoms with Gasteiger partial charge in [0.05, 0.1) is 14.2 Å². The Kier molecular flexibility index (Phi) is 6.67. The molecule has 0 atom stereocenters. The van der Waals surface area contributed by atoms with Crippen molar-refractivity contribution in [2.75, 3.05) is 14.2 Å². The van der Waals surface area contributed by atoms with Gasteiger partial charge >= 0.3 is 11.9 Å². The van der Waals surface area contributed by atoms with Crippen LogP contribution in [-0.4, -0.2) is 26.2 Å². The summed E-state index contributed by atoms with van der Waals surface area (Å²) in [4.78, 5) is 22.7. The molecule has 16 heavy (non-hydrogen) atoms. The highest BCUT2D eigenvalue weighted by atomic mass is 16.5. The van der Waals surface area contributed by atoms with Gasteiger partial charge in [-0.1, -0.05) is 13.5 Å². The van der Waals surface area contributed by atoms with Gasteiger partial charge in [0, 0.05) is 5.70 Å². The van der Waals surface area contributed by atoms with Crippen LogP contribution in [0.25, 0.3) is 0 Å². The average Bonchev–Trinajstić information content (AvgIpc) is 2.32. The van der Waals surface area contributed by atoms with E-state index in [0.717, 1.165) is 0 Å². The molecule has 5 heteroatoms. The number of carbonyl (C=O) groups excluding carboxylic acids is 2. The fourth-order valence-electron chi connectivity index (χ4n) is 1.09. The van der Waals surface area contributed by atoms with Crippen LogP contribution in [0.1, 0.15) is 13.3 Å². The van der Waals surface area contributed by atoms with Gasteiger partial charge < -0.3 is 14.8 Å². The topological polar surface area (TPSA) is 64.6 Å². The van der Waals surface area contributed by atoms with Crippen LogP contribution >= 0.6 is 0 Å². The van der Waals surface area contributed by atoms with Crippen molar-refractivity contribution >= 4 is 11.9 Å². The standard InChI is InChI=1S/C11H17NO4/c1-5-8(12-6-2)7-9(10(13)15-3)11(14)16-4/h6-7,9,12H,2,5H2,1,3-4H3. The lowest BCUT2D eigenvalue weighted by Gasteiger charge is -2.11. The molecule has 0 rings (SSSR count). The molecule has 0 aromatic rings. The highest BCUT2D eigenvalue weighted by Gasteiger charge is 2.26. The highest BCUT2D eigenvalue weighted by Crippen LogP contribution is 2.09. The molecule has 0 fully saturated rings. The molecular weight excluding hydrogens is 210 g/mol. The van der Waals surface area contributed by atoms with Gasteiger partial charge in [-0.15, -0.1) is 0 Å². The smallest absolute Gasteiger partial charge is 0.324 e. The summed E-state index contributed by atoms with van der Waals surface area (Å²) in [7, 11) is 2.44. The first kappa shape index (κ1) is 14.2. The molecule has 0 aliphatic rings. The molecule has 0 aromatic heterocycles. The molecule has 0 bridgehead atoms. The van der Waals surface area contributed by atoms with Gasteiger partial charge in [-0.2, -0.15) is 0 Å². The van der Waals surface area contributed by atoms with Crippen LogP contribution in [0, 0.1) is 5.92 Å². The van der Waals surface area contributed by atoms with Crippen molar-refractivity contribution in [2.45, 2.75) is 13.3 Å². The summed E-state index contributed by atoms with van der Waals surface area (Å²) in [6, 6.07) is 0. The molecule has 0 unspecified atom stereocenters. The lowest BCUT2D eigenvalue weighted by Crippen LogP contribution is -2.26. The number of hydrogen-bond donors (Lipinski definition) is 1. The van der Waals surface area contributed by atoms with E-state index in [1.807, 2.05) is 6.92 Å². The number of nitrogens with one attached hydrogen (secondary N) is 1. The summed E-state index contributed by atoms with van der Waals surface area (Å²) in [5.41, 5.74) is 0.704.